The monoisotopic (exact) mass is 554 g/mol. The van der Waals surface area contributed by atoms with Gasteiger partial charge in [0.05, 0.1) is 30.4 Å². The van der Waals surface area contributed by atoms with Crippen LogP contribution in [0, 0.1) is 0 Å². The SMILES string of the molecule is CC.O=C1c2c(cccc2NCc2ccc3c(c2)CCO3)CN1c1cc(OCC2CCCO2)cc(C(F)(F)F)c1. The van der Waals surface area contributed by atoms with Gasteiger partial charge < -0.3 is 24.4 Å². The van der Waals surface area contributed by atoms with Crippen LogP contribution in [0.25, 0.3) is 0 Å². The molecule has 3 heterocycles. The van der Waals surface area contributed by atoms with Gasteiger partial charge in [0, 0.05) is 37.0 Å². The predicted molar refractivity (Wildman–Crippen MR) is 147 cm³/mol. The van der Waals surface area contributed by atoms with E-state index in [0.29, 0.717) is 31.0 Å². The van der Waals surface area contributed by atoms with Crippen molar-refractivity contribution in [3.63, 3.8) is 0 Å². The molecule has 6 nitrogen and oxygen atoms in total. The Kier molecular flexibility index (Phi) is 8.21. The van der Waals surface area contributed by atoms with Crippen molar-refractivity contribution in [1.29, 1.82) is 0 Å². The number of alkyl halides is 3. The van der Waals surface area contributed by atoms with E-state index in [0.717, 1.165) is 53.8 Å². The lowest BCUT2D eigenvalue weighted by Crippen LogP contribution is -2.24. The van der Waals surface area contributed by atoms with E-state index in [-0.39, 0.29) is 36.6 Å². The molecule has 1 amide bonds. The maximum atomic E-state index is 13.7. The first-order valence-corrected chi connectivity index (χ1v) is 13.7. The summed E-state index contributed by atoms with van der Waals surface area (Å²) in [6.07, 6.45) is -2.15. The summed E-state index contributed by atoms with van der Waals surface area (Å²) in [5, 5.41) is 3.35. The maximum Gasteiger partial charge on any atom is 0.416 e. The van der Waals surface area contributed by atoms with Crippen LogP contribution in [0.3, 0.4) is 0 Å². The minimum Gasteiger partial charge on any atom is -0.493 e. The van der Waals surface area contributed by atoms with E-state index in [1.807, 2.05) is 44.2 Å². The number of rotatable bonds is 7. The largest absolute Gasteiger partial charge is 0.493 e. The standard InChI is InChI=1S/C29H27F3N2O4.C2H6/c30-29(31,32)21-12-22(14-24(13-21)38-17-23-4-2-9-36-23)34-16-20-3-1-5-25(27(20)28(34)35)33-15-18-6-7-26-19(11-18)8-10-37-26;1-2/h1,3,5-7,11-14,23,33H,2,4,8-10,15-17H2;1-2H3. The van der Waals surface area contributed by atoms with Crippen LogP contribution >= 0.6 is 0 Å². The van der Waals surface area contributed by atoms with Gasteiger partial charge in [-0.05, 0) is 53.8 Å². The highest BCUT2D eigenvalue weighted by molar-refractivity contribution is 6.13. The van der Waals surface area contributed by atoms with E-state index in [9.17, 15) is 18.0 Å². The van der Waals surface area contributed by atoms with E-state index in [4.69, 9.17) is 14.2 Å². The number of benzene rings is 3. The molecule has 0 saturated carbocycles. The number of carbonyl (C=O) groups is 1. The van der Waals surface area contributed by atoms with E-state index in [1.165, 1.54) is 11.0 Å². The third kappa shape index (κ3) is 5.89. The summed E-state index contributed by atoms with van der Waals surface area (Å²) in [6, 6.07) is 15.0. The molecule has 9 heteroatoms. The highest BCUT2D eigenvalue weighted by Gasteiger charge is 2.35. The van der Waals surface area contributed by atoms with Gasteiger partial charge in [-0.2, -0.15) is 13.2 Å². The smallest absolute Gasteiger partial charge is 0.416 e. The van der Waals surface area contributed by atoms with Crippen molar-refractivity contribution in [2.75, 3.05) is 30.0 Å². The third-order valence-corrected chi connectivity index (χ3v) is 7.17. The maximum absolute atomic E-state index is 13.7. The summed E-state index contributed by atoms with van der Waals surface area (Å²) >= 11 is 0. The molecule has 0 aromatic heterocycles. The van der Waals surface area contributed by atoms with Crippen LogP contribution in [-0.2, 0) is 30.4 Å². The van der Waals surface area contributed by atoms with E-state index in [2.05, 4.69) is 11.4 Å². The Morgan fingerprint density at radius 2 is 1.90 bits per heavy atom. The molecule has 3 aliphatic heterocycles. The number of nitrogens with one attached hydrogen (secondary N) is 1. The molecule has 1 atom stereocenters. The summed E-state index contributed by atoms with van der Waals surface area (Å²) in [7, 11) is 0. The lowest BCUT2D eigenvalue weighted by Gasteiger charge is -2.20. The van der Waals surface area contributed by atoms with Crippen molar-refractivity contribution >= 4 is 17.3 Å². The number of hydrogen-bond donors (Lipinski definition) is 1. The number of anilines is 2. The Labute approximate surface area is 232 Å². The number of amides is 1. The van der Waals surface area contributed by atoms with E-state index >= 15 is 0 Å². The average Bonchev–Trinajstić information content (AvgIpc) is 3.72. The van der Waals surface area contributed by atoms with E-state index < -0.39 is 11.7 Å². The summed E-state index contributed by atoms with van der Waals surface area (Å²) in [4.78, 5) is 14.9. The minimum atomic E-state index is -4.58. The van der Waals surface area contributed by atoms with Crippen molar-refractivity contribution < 1.29 is 32.2 Å². The first-order chi connectivity index (χ1) is 19.3. The zero-order chi connectivity index (χ0) is 28.3. The van der Waals surface area contributed by atoms with Gasteiger partial charge in [0.15, 0.2) is 0 Å². The van der Waals surface area contributed by atoms with E-state index in [1.54, 1.807) is 0 Å². The number of carbonyl (C=O) groups excluding carboxylic acids is 1. The fraction of sp³-hybridized carbons (Fsp3) is 0.387. The van der Waals surface area contributed by atoms with Crippen LogP contribution in [0.1, 0.15) is 59.3 Å². The van der Waals surface area contributed by atoms with Crippen molar-refractivity contribution in [2.45, 2.75) is 58.5 Å². The molecular weight excluding hydrogens is 521 g/mol. The fourth-order valence-electron chi connectivity index (χ4n) is 5.22. The molecule has 212 valence electrons. The van der Waals surface area contributed by atoms with Gasteiger partial charge in [0.2, 0.25) is 0 Å². The van der Waals surface area contributed by atoms with Crippen LogP contribution < -0.4 is 19.7 Å². The van der Waals surface area contributed by atoms with Crippen LogP contribution in [-0.4, -0.2) is 31.8 Å². The molecule has 3 aliphatic rings. The van der Waals surface area contributed by atoms with Gasteiger partial charge in [-0.1, -0.05) is 38.1 Å². The van der Waals surface area contributed by atoms with Gasteiger partial charge in [-0.3, -0.25) is 4.79 Å². The van der Waals surface area contributed by atoms with Crippen molar-refractivity contribution in [3.05, 3.63) is 82.4 Å². The minimum absolute atomic E-state index is 0.0630. The highest BCUT2D eigenvalue weighted by Crippen LogP contribution is 2.39. The lowest BCUT2D eigenvalue weighted by atomic mass is 10.1. The summed E-state index contributed by atoms with van der Waals surface area (Å²) in [5.74, 6) is 0.614. The average molecular weight is 555 g/mol. The molecule has 0 radical (unpaired) electrons. The second-order valence-corrected chi connectivity index (χ2v) is 9.78. The second-order valence-electron chi connectivity index (χ2n) is 9.78. The fourth-order valence-corrected chi connectivity index (χ4v) is 5.22. The quantitative estimate of drug-likeness (QED) is 0.341. The van der Waals surface area contributed by atoms with Crippen molar-refractivity contribution in [2.24, 2.45) is 0 Å². The van der Waals surface area contributed by atoms with Crippen LogP contribution in [0.2, 0.25) is 0 Å². The van der Waals surface area contributed by atoms with Crippen molar-refractivity contribution in [3.8, 4) is 11.5 Å². The number of nitrogens with zero attached hydrogens (tertiary/aromatic N) is 1. The molecule has 0 bridgehead atoms. The topological polar surface area (TPSA) is 60.0 Å². The predicted octanol–water partition coefficient (Wildman–Crippen LogP) is 7.00. The molecule has 1 saturated heterocycles. The first-order valence-electron chi connectivity index (χ1n) is 13.7. The molecule has 3 aromatic carbocycles. The van der Waals surface area contributed by atoms with Gasteiger partial charge in [0.1, 0.15) is 18.1 Å². The molecule has 6 rings (SSSR count). The zero-order valence-corrected chi connectivity index (χ0v) is 22.6. The van der Waals surface area contributed by atoms with Gasteiger partial charge in [0.25, 0.3) is 5.91 Å². The molecule has 1 N–H and O–H groups in total. The molecular formula is C31H33F3N2O4. The number of hydrogen-bond acceptors (Lipinski definition) is 5. The summed E-state index contributed by atoms with van der Waals surface area (Å²) < 4.78 is 58.0. The summed E-state index contributed by atoms with van der Waals surface area (Å²) in [6.45, 7) is 6.14. The number of fused-ring (bicyclic) bond motifs is 2. The molecule has 40 heavy (non-hydrogen) atoms. The summed E-state index contributed by atoms with van der Waals surface area (Å²) in [5.41, 5.74) is 3.37. The van der Waals surface area contributed by atoms with Crippen LogP contribution in [0.15, 0.2) is 54.6 Å². The Bertz CT molecular complexity index is 1370. The molecule has 3 aromatic rings. The molecule has 0 aliphatic carbocycles. The van der Waals surface area contributed by atoms with Gasteiger partial charge >= 0.3 is 6.18 Å². The normalized spacial score (nSPS) is 17.6. The lowest BCUT2D eigenvalue weighted by molar-refractivity contribution is -0.137. The third-order valence-electron chi connectivity index (χ3n) is 7.17. The van der Waals surface area contributed by atoms with Gasteiger partial charge in [-0.15, -0.1) is 0 Å². The van der Waals surface area contributed by atoms with Gasteiger partial charge in [-0.25, -0.2) is 0 Å². The first kappa shape index (κ1) is 27.8. The Morgan fingerprint density at radius 3 is 2.67 bits per heavy atom. The number of ether oxygens (including phenoxy) is 3. The number of halogens is 3. The van der Waals surface area contributed by atoms with Crippen LogP contribution in [0.5, 0.6) is 11.5 Å². The zero-order valence-electron chi connectivity index (χ0n) is 22.6. The second kappa shape index (κ2) is 11.8. The Balaban J connectivity index is 0.00000158. The molecule has 0 spiro atoms. The van der Waals surface area contributed by atoms with Crippen molar-refractivity contribution in [1.82, 2.24) is 0 Å². The van der Waals surface area contributed by atoms with Crippen LogP contribution in [0.4, 0.5) is 24.5 Å². The molecule has 1 fully saturated rings. The highest BCUT2D eigenvalue weighted by atomic mass is 19.4. The molecule has 1 unspecified atom stereocenters. The Hall–Kier alpha value is -3.72. The Morgan fingerprint density at radius 1 is 1.05 bits per heavy atom.